The first-order chi connectivity index (χ1) is 5.88. The van der Waals surface area contributed by atoms with E-state index in [0.29, 0.717) is 0 Å². The number of hydrogen-bond acceptors (Lipinski definition) is 2. The lowest BCUT2D eigenvalue weighted by Crippen LogP contribution is -1.85. The third-order valence-corrected chi connectivity index (χ3v) is 1.49. The monoisotopic (exact) mass is 163 g/mol. The zero-order valence-electron chi connectivity index (χ0n) is 7.33. The lowest BCUT2D eigenvalue weighted by atomic mass is 10.3. The fourth-order valence-electron chi connectivity index (χ4n) is 0.982. The molecule has 64 valence electrons. The number of nitrogens with one attached hydrogen (secondary N) is 1. The minimum atomic E-state index is 0.770. The van der Waals surface area contributed by atoms with Crippen LogP contribution in [0.15, 0.2) is 24.5 Å². The fraction of sp³-hybridized carbons (Fsp3) is 0.222. The highest BCUT2D eigenvalue weighted by Gasteiger charge is 1.95. The van der Waals surface area contributed by atoms with Crippen LogP contribution in [0.4, 0.5) is 5.69 Å². The Bertz CT molecular complexity index is 351. The Balaban J connectivity index is 0.000000336. The van der Waals surface area contributed by atoms with Crippen molar-refractivity contribution in [2.45, 2.75) is 13.8 Å². The van der Waals surface area contributed by atoms with Gasteiger partial charge in [-0.25, -0.2) is 4.98 Å². The summed E-state index contributed by atoms with van der Waals surface area (Å²) >= 11 is 0. The second kappa shape index (κ2) is 3.76. The van der Waals surface area contributed by atoms with E-state index in [1.165, 1.54) is 0 Å². The van der Waals surface area contributed by atoms with Crippen molar-refractivity contribution in [2.75, 3.05) is 5.73 Å². The van der Waals surface area contributed by atoms with Crippen LogP contribution in [0.3, 0.4) is 0 Å². The molecule has 2 aromatic heterocycles. The van der Waals surface area contributed by atoms with E-state index >= 15 is 0 Å². The average molecular weight is 163 g/mol. The number of rotatable bonds is 0. The number of hydrogen-bond donors (Lipinski definition) is 2. The first kappa shape index (κ1) is 8.59. The summed E-state index contributed by atoms with van der Waals surface area (Å²) in [6, 6.07) is 3.70. The van der Waals surface area contributed by atoms with Crippen LogP contribution in [0.2, 0.25) is 0 Å². The molecular formula is C9H13N3. The van der Waals surface area contributed by atoms with E-state index in [4.69, 9.17) is 5.73 Å². The predicted molar refractivity (Wildman–Crippen MR) is 51.9 cm³/mol. The minimum absolute atomic E-state index is 0.770. The molecule has 0 saturated carbocycles. The van der Waals surface area contributed by atoms with Crippen LogP contribution in [0.1, 0.15) is 13.8 Å². The standard InChI is InChI=1S/C7H7N3.C2H6/c8-6-2-4-10-7-5(6)1-3-9-7;1-2/h1-4H,(H3,8,9,10);1-2H3. The number of fused-ring (bicyclic) bond motifs is 1. The zero-order valence-corrected chi connectivity index (χ0v) is 7.33. The van der Waals surface area contributed by atoms with Gasteiger partial charge >= 0.3 is 0 Å². The molecule has 0 atom stereocenters. The number of H-pyrrole nitrogens is 1. The zero-order chi connectivity index (χ0) is 8.97. The Labute approximate surface area is 71.6 Å². The molecule has 0 unspecified atom stereocenters. The van der Waals surface area contributed by atoms with Crippen LogP contribution in [-0.2, 0) is 0 Å². The van der Waals surface area contributed by atoms with Crippen molar-refractivity contribution in [3.05, 3.63) is 24.5 Å². The average Bonchev–Trinajstić information content (AvgIpc) is 2.57. The van der Waals surface area contributed by atoms with E-state index in [1.54, 1.807) is 12.3 Å². The van der Waals surface area contributed by atoms with Gasteiger partial charge in [-0.15, -0.1) is 0 Å². The molecule has 0 fully saturated rings. The number of aromatic nitrogens is 2. The van der Waals surface area contributed by atoms with E-state index in [9.17, 15) is 0 Å². The molecule has 0 saturated heterocycles. The highest BCUT2D eigenvalue weighted by molar-refractivity contribution is 5.87. The van der Waals surface area contributed by atoms with E-state index in [2.05, 4.69) is 9.97 Å². The highest BCUT2D eigenvalue weighted by atomic mass is 14.8. The van der Waals surface area contributed by atoms with E-state index in [0.717, 1.165) is 16.7 Å². The molecule has 0 aliphatic carbocycles. The van der Waals surface area contributed by atoms with Crippen molar-refractivity contribution >= 4 is 16.7 Å². The molecular weight excluding hydrogens is 150 g/mol. The minimum Gasteiger partial charge on any atom is -0.398 e. The SMILES string of the molecule is CC.Nc1ccnc2[nH]ccc12. The first-order valence-corrected chi connectivity index (χ1v) is 4.05. The van der Waals surface area contributed by atoms with Crippen LogP contribution in [0.25, 0.3) is 11.0 Å². The Morgan fingerprint density at radius 3 is 2.75 bits per heavy atom. The van der Waals surface area contributed by atoms with Gasteiger partial charge in [-0.2, -0.15) is 0 Å². The molecule has 3 N–H and O–H groups in total. The predicted octanol–water partition coefficient (Wildman–Crippen LogP) is 2.17. The topological polar surface area (TPSA) is 54.7 Å². The second-order valence-corrected chi connectivity index (χ2v) is 2.14. The molecule has 3 nitrogen and oxygen atoms in total. The summed E-state index contributed by atoms with van der Waals surface area (Å²) in [6.45, 7) is 4.00. The van der Waals surface area contributed by atoms with E-state index in [-0.39, 0.29) is 0 Å². The highest BCUT2D eigenvalue weighted by Crippen LogP contribution is 2.15. The lowest BCUT2D eigenvalue weighted by molar-refractivity contribution is 1.33. The number of nitrogen functional groups attached to an aromatic ring is 1. The van der Waals surface area contributed by atoms with Crippen LogP contribution in [-0.4, -0.2) is 9.97 Å². The number of nitrogens with two attached hydrogens (primary N) is 1. The molecule has 2 rings (SSSR count). The van der Waals surface area contributed by atoms with Crippen molar-refractivity contribution in [1.82, 2.24) is 9.97 Å². The molecule has 2 aromatic rings. The first-order valence-electron chi connectivity index (χ1n) is 4.05. The van der Waals surface area contributed by atoms with Gasteiger partial charge in [-0.3, -0.25) is 0 Å². The molecule has 0 amide bonds. The van der Waals surface area contributed by atoms with Crippen LogP contribution >= 0.6 is 0 Å². The molecule has 3 heteroatoms. The maximum Gasteiger partial charge on any atom is 0.139 e. The van der Waals surface area contributed by atoms with Crippen LogP contribution in [0.5, 0.6) is 0 Å². The summed E-state index contributed by atoms with van der Waals surface area (Å²) in [7, 11) is 0. The van der Waals surface area contributed by atoms with E-state index in [1.807, 2.05) is 26.1 Å². The van der Waals surface area contributed by atoms with Gasteiger partial charge in [0.25, 0.3) is 0 Å². The molecule has 0 aromatic carbocycles. The third kappa shape index (κ3) is 1.39. The summed E-state index contributed by atoms with van der Waals surface area (Å²) < 4.78 is 0. The van der Waals surface area contributed by atoms with Crippen molar-refractivity contribution in [1.29, 1.82) is 0 Å². The summed E-state index contributed by atoms with van der Waals surface area (Å²) in [4.78, 5) is 7.04. The molecule has 12 heavy (non-hydrogen) atoms. The summed E-state index contributed by atoms with van der Waals surface area (Å²) in [5.74, 6) is 0. The van der Waals surface area contributed by atoms with Gasteiger partial charge in [0.1, 0.15) is 5.65 Å². The number of anilines is 1. The summed E-state index contributed by atoms with van der Waals surface area (Å²) in [6.07, 6.45) is 3.52. The number of aromatic amines is 1. The lowest BCUT2D eigenvalue weighted by Gasteiger charge is -1.91. The van der Waals surface area contributed by atoms with Crippen LogP contribution < -0.4 is 5.73 Å². The third-order valence-electron chi connectivity index (χ3n) is 1.49. The van der Waals surface area contributed by atoms with Crippen molar-refractivity contribution < 1.29 is 0 Å². The van der Waals surface area contributed by atoms with Gasteiger partial charge in [0.15, 0.2) is 0 Å². The van der Waals surface area contributed by atoms with Crippen molar-refractivity contribution in [3.63, 3.8) is 0 Å². The maximum absolute atomic E-state index is 5.64. The van der Waals surface area contributed by atoms with Gasteiger partial charge in [0, 0.05) is 23.5 Å². The second-order valence-electron chi connectivity index (χ2n) is 2.14. The van der Waals surface area contributed by atoms with Crippen LogP contribution in [0, 0.1) is 0 Å². The van der Waals surface area contributed by atoms with Gasteiger partial charge in [-0.05, 0) is 12.1 Å². The molecule has 2 heterocycles. The Morgan fingerprint density at radius 2 is 2.08 bits per heavy atom. The van der Waals surface area contributed by atoms with Gasteiger partial charge in [0.05, 0.1) is 0 Å². The smallest absolute Gasteiger partial charge is 0.139 e. The van der Waals surface area contributed by atoms with Gasteiger partial charge < -0.3 is 10.7 Å². The Morgan fingerprint density at radius 1 is 1.33 bits per heavy atom. The summed E-state index contributed by atoms with van der Waals surface area (Å²) in [5, 5.41) is 0.988. The van der Waals surface area contributed by atoms with E-state index < -0.39 is 0 Å². The van der Waals surface area contributed by atoms with Gasteiger partial charge in [-0.1, -0.05) is 13.8 Å². The maximum atomic E-state index is 5.64. The molecule has 0 bridgehead atoms. The number of nitrogens with zero attached hydrogens (tertiary/aromatic N) is 1. The van der Waals surface area contributed by atoms with Crippen molar-refractivity contribution in [3.8, 4) is 0 Å². The molecule has 0 spiro atoms. The van der Waals surface area contributed by atoms with Crippen molar-refractivity contribution in [2.24, 2.45) is 0 Å². The Hall–Kier alpha value is -1.51. The fourth-order valence-corrected chi connectivity index (χ4v) is 0.982. The molecule has 0 radical (unpaired) electrons. The number of pyridine rings is 1. The molecule has 0 aliphatic rings. The largest absolute Gasteiger partial charge is 0.398 e. The quantitative estimate of drug-likeness (QED) is 0.625. The molecule has 0 aliphatic heterocycles. The van der Waals surface area contributed by atoms with Gasteiger partial charge in [0.2, 0.25) is 0 Å². The Kier molecular flexibility index (Phi) is 2.69. The summed E-state index contributed by atoms with van der Waals surface area (Å²) in [5.41, 5.74) is 7.26. The normalized spacial score (nSPS) is 9.17.